The second-order valence-electron chi connectivity index (χ2n) is 7.49. The van der Waals surface area contributed by atoms with Crippen LogP contribution in [0, 0.1) is 6.92 Å². The van der Waals surface area contributed by atoms with Crippen molar-refractivity contribution in [1.82, 2.24) is 9.97 Å². The molecule has 3 rings (SSSR count). The van der Waals surface area contributed by atoms with Gasteiger partial charge in [-0.25, -0.2) is 9.97 Å². The van der Waals surface area contributed by atoms with Gasteiger partial charge >= 0.3 is 0 Å². The summed E-state index contributed by atoms with van der Waals surface area (Å²) < 4.78 is 0. The van der Waals surface area contributed by atoms with Crippen molar-refractivity contribution in [2.24, 2.45) is 0 Å². The van der Waals surface area contributed by atoms with Gasteiger partial charge < -0.3 is 10.2 Å². The maximum absolute atomic E-state index is 10.3. The zero-order valence-electron chi connectivity index (χ0n) is 16.3. The predicted molar refractivity (Wildman–Crippen MR) is 107 cm³/mol. The molecule has 4 heteroatoms. The molecular formula is C23H26N2O2. The Bertz CT molecular complexity index is 964. The van der Waals surface area contributed by atoms with Crippen molar-refractivity contribution in [2.75, 3.05) is 0 Å². The molecule has 0 aliphatic carbocycles. The highest BCUT2D eigenvalue weighted by Gasteiger charge is 2.25. The summed E-state index contributed by atoms with van der Waals surface area (Å²) >= 11 is 0. The number of hydrogen-bond donors (Lipinski definition) is 2. The predicted octanol–water partition coefficient (Wildman–Crippen LogP) is 4.68. The number of phenols is 2. The van der Waals surface area contributed by atoms with Crippen molar-refractivity contribution in [1.29, 1.82) is 0 Å². The summed E-state index contributed by atoms with van der Waals surface area (Å²) in [5.74, 6) is 0.605. The van der Waals surface area contributed by atoms with E-state index in [-0.39, 0.29) is 11.2 Å². The third-order valence-corrected chi connectivity index (χ3v) is 5.22. The minimum atomic E-state index is -0.262. The lowest BCUT2D eigenvalue weighted by molar-refractivity contribution is 0.467. The van der Waals surface area contributed by atoms with Gasteiger partial charge in [0, 0.05) is 28.8 Å². The van der Waals surface area contributed by atoms with E-state index in [0.717, 1.165) is 40.1 Å². The van der Waals surface area contributed by atoms with Crippen LogP contribution < -0.4 is 0 Å². The van der Waals surface area contributed by atoms with Gasteiger partial charge in [0.15, 0.2) is 0 Å². The average molecular weight is 362 g/mol. The van der Waals surface area contributed by atoms with E-state index < -0.39 is 0 Å². The minimum Gasteiger partial charge on any atom is -0.508 e. The molecule has 0 aliphatic rings. The van der Waals surface area contributed by atoms with E-state index in [2.05, 4.69) is 29.9 Å². The van der Waals surface area contributed by atoms with Gasteiger partial charge in [-0.15, -0.1) is 0 Å². The molecule has 2 N–H and O–H groups in total. The summed E-state index contributed by atoms with van der Waals surface area (Å²) in [5.41, 5.74) is 5.55. The van der Waals surface area contributed by atoms with E-state index in [1.54, 1.807) is 18.5 Å². The highest BCUT2D eigenvalue weighted by atomic mass is 16.3. The maximum atomic E-state index is 10.3. The Kier molecular flexibility index (Phi) is 5.17. The number of hydrogen-bond acceptors (Lipinski definition) is 4. The van der Waals surface area contributed by atoms with Crippen molar-refractivity contribution < 1.29 is 10.2 Å². The molecule has 0 saturated carbocycles. The number of nitrogens with zero attached hydrogens (tertiary/aromatic N) is 2. The van der Waals surface area contributed by atoms with Gasteiger partial charge in [-0.2, -0.15) is 0 Å². The Morgan fingerprint density at radius 3 is 2.04 bits per heavy atom. The molecule has 1 aromatic heterocycles. The molecule has 0 atom stereocenters. The molecule has 1 heterocycles. The number of phenolic OH excluding ortho intramolecular Hbond substituents is 2. The van der Waals surface area contributed by atoms with Crippen LogP contribution >= 0.6 is 0 Å². The summed E-state index contributed by atoms with van der Waals surface area (Å²) in [6.45, 7) is 8.28. The first kappa shape index (κ1) is 18.9. The van der Waals surface area contributed by atoms with Gasteiger partial charge in [-0.3, -0.25) is 0 Å². The standard InChI is InChI=1S/C23H26N2O2/c1-5-16-11-18(6-8-21(16)26)23(3,4)19-7-9-22(27)17(12-19)13-20-10-15(2)24-14-25-20/h6-12,14,26-27H,5,13H2,1-4H3. The molecule has 0 unspecified atom stereocenters. The molecule has 4 nitrogen and oxygen atoms in total. The first-order valence-electron chi connectivity index (χ1n) is 9.23. The molecule has 0 bridgehead atoms. The highest BCUT2D eigenvalue weighted by molar-refractivity contribution is 5.47. The van der Waals surface area contributed by atoms with Gasteiger partial charge in [0.25, 0.3) is 0 Å². The fraction of sp³-hybridized carbons (Fsp3) is 0.304. The van der Waals surface area contributed by atoms with Crippen molar-refractivity contribution in [3.05, 3.63) is 82.4 Å². The van der Waals surface area contributed by atoms with E-state index in [0.29, 0.717) is 12.2 Å². The van der Waals surface area contributed by atoms with E-state index in [4.69, 9.17) is 0 Å². The summed E-state index contributed by atoms with van der Waals surface area (Å²) in [6.07, 6.45) is 2.89. The van der Waals surface area contributed by atoms with Crippen LogP contribution in [0.2, 0.25) is 0 Å². The first-order valence-corrected chi connectivity index (χ1v) is 9.23. The van der Waals surface area contributed by atoms with Crippen molar-refractivity contribution in [2.45, 2.75) is 46.0 Å². The number of benzene rings is 2. The molecule has 3 aromatic rings. The first-order chi connectivity index (χ1) is 12.8. The second kappa shape index (κ2) is 7.39. The van der Waals surface area contributed by atoms with E-state index in [9.17, 15) is 10.2 Å². The average Bonchev–Trinajstić information content (AvgIpc) is 2.63. The molecule has 0 amide bonds. The van der Waals surface area contributed by atoms with Gasteiger partial charge in [0.2, 0.25) is 0 Å². The normalized spacial score (nSPS) is 11.6. The van der Waals surface area contributed by atoms with Crippen LogP contribution in [0.4, 0.5) is 0 Å². The van der Waals surface area contributed by atoms with E-state index in [1.807, 2.05) is 38.1 Å². The van der Waals surface area contributed by atoms with Crippen LogP contribution in [0.5, 0.6) is 11.5 Å². The zero-order valence-corrected chi connectivity index (χ0v) is 16.3. The van der Waals surface area contributed by atoms with Crippen molar-refractivity contribution >= 4 is 0 Å². The molecule has 0 radical (unpaired) electrons. The molecule has 27 heavy (non-hydrogen) atoms. The van der Waals surface area contributed by atoms with Crippen LogP contribution in [0.3, 0.4) is 0 Å². The minimum absolute atomic E-state index is 0.262. The number of aryl methyl sites for hydroxylation is 2. The highest BCUT2D eigenvalue weighted by Crippen LogP contribution is 2.36. The Hall–Kier alpha value is -2.88. The van der Waals surface area contributed by atoms with Gasteiger partial charge in [-0.05, 0) is 48.2 Å². The molecule has 0 spiro atoms. The molecule has 0 saturated heterocycles. The van der Waals surface area contributed by atoms with Crippen LogP contribution in [0.1, 0.15) is 54.4 Å². The number of aromatic nitrogens is 2. The Labute approximate surface area is 160 Å². The maximum Gasteiger partial charge on any atom is 0.119 e. The SMILES string of the molecule is CCc1cc(C(C)(C)c2ccc(O)c(Cc3cc(C)ncn3)c2)ccc1O. The third-order valence-electron chi connectivity index (χ3n) is 5.22. The molecule has 0 aliphatic heterocycles. The largest absolute Gasteiger partial charge is 0.508 e. The quantitative estimate of drug-likeness (QED) is 0.692. The zero-order chi connectivity index (χ0) is 19.6. The monoisotopic (exact) mass is 362 g/mol. The fourth-order valence-electron chi connectivity index (χ4n) is 3.34. The summed E-state index contributed by atoms with van der Waals surface area (Å²) in [6, 6.07) is 13.5. The van der Waals surface area contributed by atoms with Crippen molar-refractivity contribution in [3.63, 3.8) is 0 Å². The lowest BCUT2D eigenvalue weighted by Gasteiger charge is -2.27. The van der Waals surface area contributed by atoms with Gasteiger partial charge in [0.1, 0.15) is 17.8 Å². The third kappa shape index (κ3) is 3.95. The molecule has 0 fully saturated rings. The van der Waals surface area contributed by atoms with Crippen LogP contribution in [-0.4, -0.2) is 20.2 Å². The summed E-state index contributed by atoms with van der Waals surface area (Å²) in [4.78, 5) is 8.44. The van der Waals surface area contributed by atoms with Crippen LogP contribution in [0.25, 0.3) is 0 Å². The summed E-state index contributed by atoms with van der Waals surface area (Å²) in [7, 11) is 0. The molecular weight excluding hydrogens is 336 g/mol. The smallest absolute Gasteiger partial charge is 0.119 e. The van der Waals surface area contributed by atoms with E-state index >= 15 is 0 Å². The number of aromatic hydroxyl groups is 2. The van der Waals surface area contributed by atoms with E-state index in [1.165, 1.54) is 0 Å². The van der Waals surface area contributed by atoms with Crippen LogP contribution in [0.15, 0.2) is 48.8 Å². The Morgan fingerprint density at radius 1 is 0.852 bits per heavy atom. The lowest BCUT2D eigenvalue weighted by Crippen LogP contribution is -2.19. The Morgan fingerprint density at radius 2 is 1.44 bits per heavy atom. The van der Waals surface area contributed by atoms with Crippen LogP contribution in [-0.2, 0) is 18.3 Å². The number of rotatable bonds is 5. The Balaban J connectivity index is 1.99. The van der Waals surface area contributed by atoms with Crippen molar-refractivity contribution in [3.8, 4) is 11.5 Å². The topological polar surface area (TPSA) is 66.2 Å². The molecule has 2 aromatic carbocycles. The van der Waals surface area contributed by atoms with Gasteiger partial charge in [0.05, 0.1) is 0 Å². The second-order valence-corrected chi connectivity index (χ2v) is 7.49. The molecule has 140 valence electrons. The lowest BCUT2D eigenvalue weighted by atomic mass is 9.76. The van der Waals surface area contributed by atoms with Gasteiger partial charge in [-0.1, -0.05) is 45.0 Å². The summed E-state index contributed by atoms with van der Waals surface area (Å²) in [5, 5.41) is 20.3. The fourth-order valence-corrected chi connectivity index (χ4v) is 3.34.